The van der Waals surface area contributed by atoms with Crippen LogP contribution < -0.4 is 10.2 Å². The van der Waals surface area contributed by atoms with Crippen molar-refractivity contribution in [2.24, 2.45) is 5.92 Å². The Bertz CT molecular complexity index is 982. The van der Waals surface area contributed by atoms with Crippen LogP contribution in [-0.2, 0) is 9.53 Å². The van der Waals surface area contributed by atoms with Gasteiger partial charge in [0.2, 0.25) is 11.9 Å². The van der Waals surface area contributed by atoms with Crippen LogP contribution in [0.1, 0.15) is 64.3 Å². The van der Waals surface area contributed by atoms with Crippen LogP contribution >= 0.6 is 23.2 Å². The number of ether oxygens (including phenoxy) is 1. The number of amides is 1. The van der Waals surface area contributed by atoms with Gasteiger partial charge in [-0.15, -0.1) is 0 Å². The molecule has 2 atom stereocenters. The van der Waals surface area contributed by atoms with Crippen LogP contribution in [0.2, 0.25) is 10.0 Å². The maximum atomic E-state index is 13.0. The molecule has 1 amide bonds. The molecule has 0 spiro atoms. The third-order valence-electron chi connectivity index (χ3n) is 7.46. The summed E-state index contributed by atoms with van der Waals surface area (Å²) in [5.74, 6) is 1.24. The van der Waals surface area contributed by atoms with E-state index in [1.54, 1.807) is 0 Å². The highest BCUT2D eigenvalue weighted by Gasteiger charge is 2.34. The molecule has 1 N–H and O–H groups in total. The Morgan fingerprint density at radius 2 is 1.81 bits per heavy atom. The van der Waals surface area contributed by atoms with Gasteiger partial charge in [0.25, 0.3) is 0 Å². The number of halogens is 2. The van der Waals surface area contributed by atoms with Crippen LogP contribution in [0.25, 0.3) is 11.0 Å². The number of fused-ring (bicyclic) bond motifs is 1. The molecule has 3 fully saturated rings. The first-order valence-electron chi connectivity index (χ1n) is 12.1. The quantitative estimate of drug-likeness (QED) is 0.606. The Balaban J connectivity index is 1.28. The number of nitrogens with one attached hydrogen (secondary N) is 1. The Morgan fingerprint density at radius 3 is 2.50 bits per heavy atom. The van der Waals surface area contributed by atoms with Gasteiger partial charge in [-0.2, -0.15) is 0 Å². The third kappa shape index (κ3) is 4.22. The van der Waals surface area contributed by atoms with Crippen molar-refractivity contribution in [3.63, 3.8) is 0 Å². The Hall–Kier alpha value is -1.50. The summed E-state index contributed by atoms with van der Waals surface area (Å²) in [7, 11) is 0. The van der Waals surface area contributed by atoms with Crippen LogP contribution in [-0.4, -0.2) is 47.3 Å². The zero-order valence-corrected chi connectivity index (χ0v) is 20.2. The summed E-state index contributed by atoms with van der Waals surface area (Å²) in [4.78, 5) is 20.2. The highest BCUT2D eigenvalue weighted by molar-refractivity contribution is 6.42. The summed E-state index contributed by atoms with van der Waals surface area (Å²) in [5, 5.41) is 4.39. The van der Waals surface area contributed by atoms with Crippen molar-refractivity contribution in [3.8, 4) is 0 Å². The van der Waals surface area contributed by atoms with Crippen molar-refractivity contribution in [2.45, 2.75) is 76.5 Å². The van der Waals surface area contributed by atoms with E-state index in [0.717, 1.165) is 62.2 Å². The first-order chi connectivity index (χ1) is 15.5. The predicted molar refractivity (Wildman–Crippen MR) is 129 cm³/mol. The summed E-state index contributed by atoms with van der Waals surface area (Å²) in [6, 6.07) is 4.45. The molecule has 2 aliphatic carbocycles. The monoisotopic (exact) mass is 478 g/mol. The largest absolute Gasteiger partial charge is 0.376 e. The SMILES string of the molecule is CCO[C@H]1CCC[C@@H]1NC(=O)C1CCN(c2nc3cc(Cl)c(Cl)cc3n2C2CCC2)CC1. The second-order valence-corrected chi connectivity index (χ2v) is 10.2. The van der Waals surface area contributed by atoms with E-state index in [1.807, 2.05) is 19.1 Å². The maximum Gasteiger partial charge on any atom is 0.223 e. The van der Waals surface area contributed by atoms with Crippen molar-refractivity contribution >= 4 is 46.1 Å². The fraction of sp³-hybridized carbons (Fsp3) is 0.667. The van der Waals surface area contributed by atoms with E-state index in [1.165, 1.54) is 19.3 Å². The lowest BCUT2D eigenvalue weighted by molar-refractivity contribution is -0.127. The molecule has 1 aromatic carbocycles. The third-order valence-corrected chi connectivity index (χ3v) is 8.18. The number of nitrogens with zero attached hydrogens (tertiary/aromatic N) is 3. The average Bonchev–Trinajstić information content (AvgIpc) is 3.33. The molecule has 2 heterocycles. The number of imidazole rings is 1. The van der Waals surface area contributed by atoms with Crippen LogP contribution in [0, 0.1) is 5.92 Å². The lowest BCUT2D eigenvalue weighted by Gasteiger charge is -2.36. The molecule has 5 rings (SSSR count). The van der Waals surface area contributed by atoms with E-state index >= 15 is 0 Å². The molecule has 1 saturated heterocycles. The number of benzene rings is 1. The minimum atomic E-state index is 0.0551. The Labute approximate surface area is 199 Å². The number of anilines is 1. The number of hydrogen-bond donors (Lipinski definition) is 1. The number of hydrogen-bond acceptors (Lipinski definition) is 4. The zero-order chi connectivity index (χ0) is 22.2. The summed E-state index contributed by atoms with van der Waals surface area (Å²) in [6.45, 7) is 4.38. The number of carbonyl (C=O) groups is 1. The summed E-state index contributed by atoms with van der Waals surface area (Å²) in [5.41, 5.74) is 1.95. The van der Waals surface area contributed by atoms with Gasteiger partial charge in [0, 0.05) is 31.7 Å². The van der Waals surface area contributed by atoms with Gasteiger partial charge < -0.3 is 19.5 Å². The van der Waals surface area contributed by atoms with E-state index < -0.39 is 0 Å². The van der Waals surface area contributed by atoms with Crippen molar-refractivity contribution in [3.05, 3.63) is 22.2 Å². The molecule has 1 aromatic heterocycles. The zero-order valence-electron chi connectivity index (χ0n) is 18.7. The van der Waals surface area contributed by atoms with Crippen LogP contribution in [0.5, 0.6) is 0 Å². The van der Waals surface area contributed by atoms with Crippen molar-refractivity contribution in [1.29, 1.82) is 0 Å². The molecule has 2 saturated carbocycles. The van der Waals surface area contributed by atoms with Gasteiger partial charge in [-0.3, -0.25) is 4.79 Å². The Kier molecular flexibility index (Phi) is 6.55. The molecule has 174 valence electrons. The fourth-order valence-electron chi connectivity index (χ4n) is 5.45. The highest BCUT2D eigenvalue weighted by Crippen LogP contribution is 2.40. The van der Waals surface area contributed by atoms with E-state index in [2.05, 4.69) is 14.8 Å². The van der Waals surface area contributed by atoms with Crippen LogP contribution in [0.3, 0.4) is 0 Å². The van der Waals surface area contributed by atoms with Gasteiger partial charge in [-0.05, 0) is 70.4 Å². The number of piperidine rings is 1. The molecule has 0 radical (unpaired) electrons. The van der Waals surface area contributed by atoms with E-state index in [9.17, 15) is 4.79 Å². The average molecular weight is 479 g/mol. The lowest BCUT2D eigenvalue weighted by Crippen LogP contribution is -2.47. The van der Waals surface area contributed by atoms with E-state index in [4.69, 9.17) is 32.9 Å². The summed E-state index contributed by atoms with van der Waals surface area (Å²) in [6.07, 6.45) is 8.62. The molecule has 8 heteroatoms. The van der Waals surface area contributed by atoms with Gasteiger partial charge in [-0.25, -0.2) is 4.98 Å². The van der Waals surface area contributed by atoms with Crippen molar-refractivity contribution in [1.82, 2.24) is 14.9 Å². The first kappa shape index (κ1) is 22.3. The molecule has 32 heavy (non-hydrogen) atoms. The van der Waals surface area contributed by atoms with E-state index in [-0.39, 0.29) is 24.0 Å². The Morgan fingerprint density at radius 1 is 1.09 bits per heavy atom. The maximum absolute atomic E-state index is 13.0. The molecular formula is C24H32Cl2N4O2. The van der Waals surface area contributed by atoms with Crippen molar-refractivity contribution < 1.29 is 9.53 Å². The molecule has 1 aliphatic heterocycles. The number of aromatic nitrogens is 2. The van der Waals surface area contributed by atoms with Crippen molar-refractivity contribution in [2.75, 3.05) is 24.6 Å². The standard InChI is InChI=1S/C24H32Cl2N4O2/c1-2-32-22-8-4-7-19(22)27-23(31)15-9-11-29(12-10-15)24-28-20-13-17(25)18(26)14-21(20)30(24)16-5-3-6-16/h13-16,19,22H,2-12H2,1H3,(H,27,31)/t19-,22-/m0/s1. The van der Waals surface area contributed by atoms with Crippen LogP contribution in [0.15, 0.2) is 12.1 Å². The van der Waals surface area contributed by atoms with Gasteiger partial charge in [0.1, 0.15) is 0 Å². The predicted octanol–water partition coefficient (Wildman–Crippen LogP) is 5.36. The number of rotatable bonds is 6. The fourth-order valence-corrected chi connectivity index (χ4v) is 5.77. The molecule has 6 nitrogen and oxygen atoms in total. The van der Waals surface area contributed by atoms with E-state index in [0.29, 0.717) is 22.7 Å². The second kappa shape index (κ2) is 9.40. The van der Waals surface area contributed by atoms with Crippen LogP contribution in [0.4, 0.5) is 5.95 Å². The molecular weight excluding hydrogens is 447 g/mol. The molecule has 2 aromatic rings. The number of carbonyl (C=O) groups excluding carboxylic acids is 1. The lowest BCUT2D eigenvalue weighted by atomic mass is 9.92. The smallest absolute Gasteiger partial charge is 0.223 e. The molecule has 3 aliphatic rings. The van der Waals surface area contributed by atoms with Gasteiger partial charge in [-0.1, -0.05) is 23.2 Å². The first-order valence-corrected chi connectivity index (χ1v) is 12.8. The van der Waals surface area contributed by atoms with Gasteiger partial charge >= 0.3 is 0 Å². The topological polar surface area (TPSA) is 59.4 Å². The summed E-state index contributed by atoms with van der Waals surface area (Å²) >= 11 is 12.6. The summed E-state index contributed by atoms with van der Waals surface area (Å²) < 4.78 is 8.18. The van der Waals surface area contributed by atoms with Gasteiger partial charge in [0.05, 0.1) is 33.2 Å². The minimum Gasteiger partial charge on any atom is -0.376 e. The minimum absolute atomic E-state index is 0.0551. The highest BCUT2D eigenvalue weighted by atomic mass is 35.5. The molecule has 0 unspecified atom stereocenters. The van der Waals surface area contributed by atoms with Gasteiger partial charge in [0.15, 0.2) is 0 Å². The second-order valence-electron chi connectivity index (χ2n) is 9.42. The normalized spacial score (nSPS) is 24.8. The molecule has 0 bridgehead atoms.